The molecular formula is C24H21N3O2S. The number of carbonyl (C=O) groups is 1. The van der Waals surface area contributed by atoms with Crippen molar-refractivity contribution in [2.75, 3.05) is 11.1 Å². The second kappa shape index (κ2) is 9.41. The highest BCUT2D eigenvalue weighted by Crippen LogP contribution is 2.25. The van der Waals surface area contributed by atoms with Gasteiger partial charge in [-0.15, -0.1) is 22.0 Å². The number of hydrogen-bond donors (Lipinski definition) is 1. The van der Waals surface area contributed by atoms with Crippen LogP contribution in [-0.2, 0) is 10.5 Å². The number of nitrogens with zero attached hydrogens (tertiary/aromatic N) is 2. The smallest absolute Gasteiger partial charge is 0.248 e. The van der Waals surface area contributed by atoms with E-state index in [1.165, 1.54) is 11.1 Å². The van der Waals surface area contributed by atoms with Crippen LogP contribution >= 0.6 is 11.8 Å². The maximum atomic E-state index is 12.2. The summed E-state index contributed by atoms with van der Waals surface area (Å²) in [5.41, 5.74) is 4.88. The van der Waals surface area contributed by atoms with Crippen LogP contribution in [0.1, 0.15) is 11.1 Å². The number of nitrogens with one attached hydrogen (secondary N) is 1. The van der Waals surface area contributed by atoms with Gasteiger partial charge < -0.3 is 9.73 Å². The van der Waals surface area contributed by atoms with E-state index in [9.17, 15) is 4.79 Å². The Hall–Kier alpha value is -3.38. The van der Waals surface area contributed by atoms with Crippen LogP contribution in [0.5, 0.6) is 0 Å². The Labute approximate surface area is 179 Å². The summed E-state index contributed by atoms with van der Waals surface area (Å²) in [6.45, 7) is 2.07. The van der Waals surface area contributed by atoms with Crippen molar-refractivity contribution >= 4 is 23.4 Å². The Morgan fingerprint density at radius 3 is 2.30 bits per heavy atom. The Balaban J connectivity index is 1.31. The molecule has 30 heavy (non-hydrogen) atoms. The number of benzene rings is 3. The van der Waals surface area contributed by atoms with E-state index >= 15 is 0 Å². The topological polar surface area (TPSA) is 68.0 Å². The molecule has 0 spiro atoms. The van der Waals surface area contributed by atoms with Crippen LogP contribution in [0.15, 0.2) is 83.3 Å². The molecule has 0 aliphatic rings. The molecule has 0 radical (unpaired) electrons. The first-order valence-electron chi connectivity index (χ1n) is 9.60. The number of hydrogen-bond acceptors (Lipinski definition) is 5. The minimum absolute atomic E-state index is 0.0236. The van der Waals surface area contributed by atoms with Crippen molar-refractivity contribution < 1.29 is 9.21 Å². The van der Waals surface area contributed by atoms with Crippen molar-refractivity contribution in [2.45, 2.75) is 12.7 Å². The quantitative estimate of drug-likeness (QED) is 0.426. The molecular weight excluding hydrogens is 394 g/mol. The molecule has 5 nitrogen and oxygen atoms in total. The maximum Gasteiger partial charge on any atom is 0.248 e. The van der Waals surface area contributed by atoms with Crippen LogP contribution in [0.25, 0.3) is 22.9 Å². The number of thioether (sulfide) groups is 1. The Bertz CT molecular complexity index is 1120. The van der Waals surface area contributed by atoms with Gasteiger partial charge in [0, 0.05) is 22.6 Å². The van der Waals surface area contributed by atoms with Crippen LogP contribution < -0.4 is 5.32 Å². The van der Waals surface area contributed by atoms with Crippen molar-refractivity contribution in [3.8, 4) is 22.9 Å². The van der Waals surface area contributed by atoms with E-state index in [4.69, 9.17) is 4.42 Å². The molecule has 4 aromatic rings. The molecule has 0 atom stereocenters. The highest BCUT2D eigenvalue weighted by Gasteiger charge is 2.10. The summed E-state index contributed by atoms with van der Waals surface area (Å²) in [6, 6.07) is 25.4. The lowest BCUT2D eigenvalue weighted by Gasteiger charge is -2.06. The Kier molecular flexibility index (Phi) is 6.25. The summed E-state index contributed by atoms with van der Waals surface area (Å²) in [4.78, 5) is 12.2. The average Bonchev–Trinajstić information content (AvgIpc) is 3.25. The zero-order valence-corrected chi connectivity index (χ0v) is 17.4. The third kappa shape index (κ3) is 5.15. The zero-order valence-electron chi connectivity index (χ0n) is 16.5. The van der Waals surface area contributed by atoms with E-state index in [2.05, 4.69) is 40.6 Å². The third-order valence-corrected chi connectivity index (χ3v) is 5.45. The lowest BCUT2D eigenvalue weighted by Crippen LogP contribution is -2.14. The van der Waals surface area contributed by atoms with Crippen LogP contribution in [-0.4, -0.2) is 21.9 Å². The number of amides is 1. The maximum absolute atomic E-state index is 12.2. The molecule has 0 bridgehead atoms. The molecule has 0 unspecified atom stereocenters. The Morgan fingerprint density at radius 2 is 1.60 bits per heavy atom. The first-order valence-corrected chi connectivity index (χ1v) is 10.8. The van der Waals surface area contributed by atoms with Crippen molar-refractivity contribution in [2.24, 2.45) is 0 Å². The minimum Gasteiger partial charge on any atom is -0.416 e. The van der Waals surface area contributed by atoms with E-state index in [-0.39, 0.29) is 5.91 Å². The van der Waals surface area contributed by atoms with Gasteiger partial charge in [0.15, 0.2) is 0 Å². The SMILES string of the molecule is Cc1cccc(CSCC(=O)Nc2ccc(-c3nnc(-c4ccccc4)o3)cc2)c1. The van der Waals surface area contributed by atoms with Crippen LogP contribution in [0, 0.1) is 6.92 Å². The molecule has 0 saturated heterocycles. The van der Waals surface area contributed by atoms with Gasteiger partial charge in [-0.1, -0.05) is 48.0 Å². The van der Waals surface area contributed by atoms with Gasteiger partial charge in [0.1, 0.15) is 0 Å². The summed E-state index contributed by atoms with van der Waals surface area (Å²) in [6.07, 6.45) is 0. The van der Waals surface area contributed by atoms with Gasteiger partial charge in [-0.2, -0.15) is 0 Å². The zero-order chi connectivity index (χ0) is 20.8. The van der Waals surface area contributed by atoms with E-state index < -0.39 is 0 Å². The minimum atomic E-state index is -0.0236. The van der Waals surface area contributed by atoms with Crippen molar-refractivity contribution in [3.05, 3.63) is 90.0 Å². The standard InChI is InChI=1S/C24H21N3O2S/c1-17-6-5-7-18(14-17)15-30-16-22(28)25-21-12-10-20(11-13-21)24-27-26-23(29-24)19-8-3-2-4-9-19/h2-14H,15-16H2,1H3,(H,25,28). The van der Waals surface area contributed by atoms with Gasteiger partial charge >= 0.3 is 0 Å². The van der Waals surface area contributed by atoms with Gasteiger partial charge in [-0.05, 0) is 48.9 Å². The first-order chi connectivity index (χ1) is 14.7. The number of carbonyl (C=O) groups excluding carboxylic acids is 1. The molecule has 3 aromatic carbocycles. The summed E-state index contributed by atoms with van der Waals surface area (Å²) in [5.74, 6) is 2.12. The van der Waals surface area contributed by atoms with Crippen LogP contribution in [0.3, 0.4) is 0 Å². The van der Waals surface area contributed by atoms with Crippen LogP contribution in [0.2, 0.25) is 0 Å². The molecule has 0 saturated carbocycles. The summed E-state index contributed by atoms with van der Waals surface area (Å²) < 4.78 is 5.77. The largest absolute Gasteiger partial charge is 0.416 e. The summed E-state index contributed by atoms with van der Waals surface area (Å²) >= 11 is 1.60. The highest BCUT2D eigenvalue weighted by atomic mass is 32.2. The van der Waals surface area contributed by atoms with E-state index in [1.54, 1.807) is 11.8 Å². The summed E-state index contributed by atoms with van der Waals surface area (Å²) in [7, 11) is 0. The molecule has 0 fully saturated rings. The van der Waals surface area contributed by atoms with Gasteiger partial charge in [0.2, 0.25) is 17.7 Å². The Morgan fingerprint density at radius 1 is 0.900 bits per heavy atom. The van der Waals surface area contributed by atoms with E-state index in [0.717, 1.165) is 22.6 Å². The monoisotopic (exact) mass is 415 g/mol. The second-order valence-electron chi connectivity index (χ2n) is 6.89. The van der Waals surface area contributed by atoms with Gasteiger partial charge in [-0.3, -0.25) is 4.79 Å². The lowest BCUT2D eigenvalue weighted by molar-refractivity contribution is -0.113. The number of rotatable bonds is 7. The second-order valence-corrected chi connectivity index (χ2v) is 7.87. The molecule has 1 N–H and O–H groups in total. The molecule has 1 heterocycles. The van der Waals surface area contributed by atoms with Crippen molar-refractivity contribution in [1.82, 2.24) is 10.2 Å². The highest BCUT2D eigenvalue weighted by molar-refractivity contribution is 7.99. The van der Waals surface area contributed by atoms with Gasteiger partial charge in [0.05, 0.1) is 5.75 Å². The molecule has 6 heteroatoms. The summed E-state index contributed by atoms with van der Waals surface area (Å²) in [5, 5.41) is 11.2. The van der Waals surface area contributed by atoms with Gasteiger partial charge in [0.25, 0.3) is 0 Å². The fourth-order valence-corrected chi connectivity index (χ4v) is 3.77. The van der Waals surface area contributed by atoms with Gasteiger partial charge in [-0.25, -0.2) is 0 Å². The number of aromatic nitrogens is 2. The fourth-order valence-electron chi connectivity index (χ4n) is 2.99. The predicted octanol–water partition coefficient (Wildman–Crippen LogP) is 5.58. The molecule has 0 aliphatic carbocycles. The van der Waals surface area contributed by atoms with Crippen LogP contribution in [0.4, 0.5) is 5.69 Å². The van der Waals surface area contributed by atoms with Crippen molar-refractivity contribution in [1.29, 1.82) is 0 Å². The molecule has 1 amide bonds. The van der Waals surface area contributed by atoms with E-state index in [0.29, 0.717) is 17.5 Å². The molecule has 0 aliphatic heterocycles. The van der Waals surface area contributed by atoms with Crippen molar-refractivity contribution in [3.63, 3.8) is 0 Å². The first kappa shape index (κ1) is 19.9. The third-order valence-electron chi connectivity index (χ3n) is 4.45. The lowest BCUT2D eigenvalue weighted by atomic mass is 10.2. The van der Waals surface area contributed by atoms with E-state index in [1.807, 2.05) is 60.7 Å². The molecule has 4 rings (SSSR count). The molecule has 150 valence electrons. The number of aryl methyl sites for hydroxylation is 1. The normalized spacial score (nSPS) is 10.7. The average molecular weight is 416 g/mol. The predicted molar refractivity (Wildman–Crippen MR) is 121 cm³/mol. The number of anilines is 1. The fraction of sp³-hybridized carbons (Fsp3) is 0.125. The molecule has 1 aromatic heterocycles.